The van der Waals surface area contributed by atoms with Crippen molar-refractivity contribution in [2.45, 2.75) is 12.7 Å². The molecular formula is C14H15NO5. The van der Waals surface area contributed by atoms with Crippen LogP contribution in [0.5, 0.6) is 5.75 Å². The molecule has 0 aliphatic carbocycles. The fourth-order valence-electron chi connectivity index (χ4n) is 1.79. The Morgan fingerprint density at radius 1 is 1.30 bits per heavy atom. The van der Waals surface area contributed by atoms with Gasteiger partial charge in [0.15, 0.2) is 0 Å². The molecule has 0 aliphatic rings. The zero-order valence-electron chi connectivity index (χ0n) is 11.0. The Morgan fingerprint density at radius 2 is 2.05 bits per heavy atom. The van der Waals surface area contributed by atoms with Crippen molar-refractivity contribution in [3.8, 4) is 5.75 Å². The van der Waals surface area contributed by atoms with Gasteiger partial charge in [-0.2, -0.15) is 0 Å². The van der Waals surface area contributed by atoms with Crippen LogP contribution in [0.15, 0.2) is 47.1 Å². The van der Waals surface area contributed by atoms with E-state index in [1.807, 2.05) is 0 Å². The van der Waals surface area contributed by atoms with E-state index in [4.69, 9.17) is 13.9 Å². The number of ether oxygens (including phenoxy) is 2. The summed E-state index contributed by atoms with van der Waals surface area (Å²) >= 11 is 0. The lowest BCUT2D eigenvalue weighted by molar-refractivity contribution is -0.493. The van der Waals surface area contributed by atoms with E-state index < -0.39 is 11.0 Å². The SMILES string of the molecule is COc1ccc(C(C[N+](=O)[O-])OCc2ccco2)cc1. The van der Waals surface area contributed by atoms with Crippen LogP contribution in [0.25, 0.3) is 0 Å². The monoisotopic (exact) mass is 277 g/mol. The number of methoxy groups -OCH3 is 1. The predicted molar refractivity (Wildman–Crippen MR) is 71.1 cm³/mol. The van der Waals surface area contributed by atoms with E-state index in [2.05, 4.69) is 0 Å². The molecule has 0 amide bonds. The van der Waals surface area contributed by atoms with Crippen molar-refractivity contribution < 1.29 is 18.8 Å². The lowest BCUT2D eigenvalue weighted by Gasteiger charge is -2.14. The summed E-state index contributed by atoms with van der Waals surface area (Å²) < 4.78 is 15.8. The lowest BCUT2D eigenvalue weighted by atomic mass is 10.1. The van der Waals surface area contributed by atoms with E-state index in [-0.39, 0.29) is 13.2 Å². The summed E-state index contributed by atoms with van der Waals surface area (Å²) in [5, 5.41) is 10.7. The number of nitrogens with zero attached hydrogens (tertiary/aromatic N) is 1. The first kappa shape index (κ1) is 14.1. The first-order valence-corrected chi connectivity index (χ1v) is 6.09. The van der Waals surface area contributed by atoms with Gasteiger partial charge in [0.05, 0.1) is 13.4 Å². The summed E-state index contributed by atoms with van der Waals surface area (Å²) in [6, 6.07) is 10.5. The smallest absolute Gasteiger partial charge is 0.233 e. The van der Waals surface area contributed by atoms with Gasteiger partial charge >= 0.3 is 0 Å². The summed E-state index contributed by atoms with van der Waals surface area (Å²) in [4.78, 5) is 10.4. The summed E-state index contributed by atoms with van der Waals surface area (Å²) in [7, 11) is 1.57. The molecule has 2 rings (SSSR count). The highest BCUT2D eigenvalue weighted by molar-refractivity contribution is 5.28. The van der Waals surface area contributed by atoms with Crippen LogP contribution in [0.2, 0.25) is 0 Å². The molecule has 0 spiro atoms. The Balaban J connectivity index is 2.07. The van der Waals surface area contributed by atoms with E-state index in [9.17, 15) is 10.1 Å². The van der Waals surface area contributed by atoms with Gasteiger partial charge in [-0.05, 0) is 29.8 Å². The molecule has 0 fully saturated rings. The number of rotatable bonds is 7. The first-order chi connectivity index (χ1) is 9.69. The fourth-order valence-corrected chi connectivity index (χ4v) is 1.79. The second kappa shape index (κ2) is 6.72. The van der Waals surface area contributed by atoms with Crippen LogP contribution < -0.4 is 4.74 Å². The van der Waals surface area contributed by atoms with Crippen molar-refractivity contribution in [1.29, 1.82) is 0 Å². The van der Waals surface area contributed by atoms with Crippen LogP contribution in [0.4, 0.5) is 0 Å². The van der Waals surface area contributed by atoms with Crippen LogP contribution in [-0.2, 0) is 11.3 Å². The highest BCUT2D eigenvalue weighted by atomic mass is 16.6. The third kappa shape index (κ3) is 3.83. The largest absolute Gasteiger partial charge is 0.497 e. The third-order valence-electron chi connectivity index (χ3n) is 2.81. The van der Waals surface area contributed by atoms with Crippen molar-refractivity contribution in [3.63, 3.8) is 0 Å². The molecule has 6 heteroatoms. The van der Waals surface area contributed by atoms with Crippen molar-refractivity contribution in [2.24, 2.45) is 0 Å². The number of furan rings is 1. The Labute approximate surface area is 116 Å². The van der Waals surface area contributed by atoms with Gasteiger partial charge in [0, 0.05) is 4.92 Å². The fraction of sp³-hybridized carbons (Fsp3) is 0.286. The standard InChI is InChI=1S/C14H15NO5/c1-18-12-6-4-11(5-7-12)14(9-15(16)17)20-10-13-3-2-8-19-13/h2-8,14H,9-10H2,1H3. The highest BCUT2D eigenvalue weighted by Gasteiger charge is 2.19. The van der Waals surface area contributed by atoms with E-state index in [0.29, 0.717) is 11.5 Å². The summed E-state index contributed by atoms with van der Waals surface area (Å²) in [5.74, 6) is 1.33. The normalized spacial score (nSPS) is 12.1. The average Bonchev–Trinajstić information content (AvgIpc) is 2.96. The number of hydrogen-bond acceptors (Lipinski definition) is 5. The molecule has 20 heavy (non-hydrogen) atoms. The molecular weight excluding hydrogens is 262 g/mol. The zero-order chi connectivity index (χ0) is 14.4. The summed E-state index contributed by atoms with van der Waals surface area (Å²) in [6.45, 7) is -0.107. The van der Waals surface area contributed by atoms with Gasteiger partial charge in [-0.3, -0.25) is 10.1 Å². The predicted octanol–water partition coefficient (Wildman–Crippen LogP) is 2.82. The summed E-state index contributed by atoms with van der Waals surface area (Å²) in [5.41, 5.74) is 0.731. The van der Waals surface area contributed by atoms with Gasteiger partial charge < -0.3 is 13.9 Å². The van der Waals surface area contributed by atoms with Gasteiger partial charge in [0.1, 0.15) is 24.2 Å². The molecule has 1 aromatic carbocycles. The molecule has 0 aliphatic heterocycles. The maximum absolute atomic E-state index is 10.7. The lowest BCUT2D eigenvalue weighted by Crippen LogP contribution is -2.15. The van der Waals surface area contributed by atoms with Gasteiger partial charge in [-0.1, -0.05) is 12.1 Å². The highest BCUT2D eigenvalue weighted by Crippen LogP contribution is 2.22. The van der Waals surface area contributed by atoms with E-state index in [1.165, 1.54) is 6.26 Å². The van der Waals surface area contributed by atoms with Crippen molar-refractivity contribution in [3.05, 3.63) is 64.1 Å². The van der Waals surface area contributed by atoms with E-state index in [1.54, 1.807) is 43.5 Å². The zero-order valence-corrected chi connectivity index (χ0v) is 11.0. The molecule has 6 nitrogen and oxygen atoms in total. The number of hydrogen-bond donors (Lipinski definition) is 0. The Kier molecular flexibility index (Phi) is 4.73. The summed E-state index contributed by atoms with van der Waals surface area (Å²) in [6.07, 6.45) is 0.912. The molecule has 2 aromatic rings. The Hall–Kier alpha value is -2.34. The Bertz CT molecular complexity index is 535. The maximum atomic E-state index is 10.7. The van der Waals surface area contributed by atoms with Gasteiger partial charge in [0.2, 0.25) is 6.54 Å². The molecule has 1 unspecified atom stereocenters. The first-order valence-electron chi connectivity index (χ1n) is 6.09. The average molecular weight is 277 g/mol. The van der Waals surface area contributed by atoms with E-state index >= 15 is 0 Å². The maximum Gasteiger partial charge on any atom is 0.233 e. The van der Waals surface area contributed by atoms with Gasteiger partial charge in [-0.25, -0.2) is 0 Å². The number of nitro groups is 1. The van der Waals surface area contributed by atoms with Crippen LogP contribution in [0.1, 0.15) is 17.4 Å². The molecule has 0 N–H and O–H groups in total. The minimum absolute atomic E-state index is 0.192. The molecule has 1 heterocycles. The topological polar surface area (TPSA) is 74.7 Å². The van der Waals surface area contributed by atoms with Gasteiger partial charge in [0.25, 0.3) is 0 Å². The number of benzene rings is 1. The molecule has 106 valence electrons. The van der Waals surface area contributed by atoms with Crippen LogP contribution in [0, 0.1) is 10.1 Å². The van der Waals surface area contributed by atoms with Crippen molar-refractivity contribution >= 4 is 0 Å². The molecule has 0 saturated carbocycles. The van der Waals surface area contributed by atoms with Crippen molar-refractivity contribution in [2.75, 3.05) is 13.7 Å². The van der Waals surface area contributed by atoms with Gasteiger partial charge in [-0.15, -0.1) is 0 Å². The minimum Gasteiger partial charge on any atom is -0.497 e. The quantitative estimate of drug-likeness (QED) is 0.574. The molecule has 0 saturated heterocycles. The molecule has 1 atom stereocenters. The molecule has 0 bridgehead atoms. The molecule has 0 radical (unpaired) electrons. The second-order valence-corrected chi connectivity index (χ2v) is 4.17. The second-order valence-electron chi connectivity index (χ2n) is 4.17. The van der Waals surface area contributed by atoms with Crippen LogP contribution in [0.3, 0.4) is 0 Å². The third-order valence-corrected chi connectivity index (χ3v) is 2.81. The van der Waals surface area contributed by atoms with E-state index in [0.717, 1.165) is 5.56 Å². The van der Waals surface area contributed by atoms with Crippen LogP contribution in [-0.4, -0.2) is 18.6 Å². The minimum atomic E-state index is -0.624. The van der Waals surface area contributed by atoms with Crippen molar-refractivity contribution in [1.82, 2.24) is 0 Å². The molecule has 1 aromatic heterocycles. The Morgan fingerprint density at radius 3 is 2.60 bits per heavy atom. The van der Waals surface area contributed by atoms with Crippen LogP contribution >= 0.6 is 0 Å².